The molecule has 0 unspecified atom stereocenters. The zero-order valence-corrected chi connectivity index (χ0v) is 25.5. The lowest BCUT2D eigenvalue weighted by atomic mass is 9.93. The molecular weight excluding hydrogens is 564 g/mol. The van der Waals surface area contributed by atoms with E-state index in [1.54, 1.807) is 43.9 Å². The fourth-order valence-corrected chi connectivity index (χ4v) is 6.04. The lowest BCUT2D eigenvalue weighted by molar-refractivity contribution is -0.139. The van der Waals surface area contributed by atoms with Crippen molar-refractivity contribution in [2.45, 2.75) is 39.3 Å². The van der Waals surface area contributed by atoms with E-state index in [1.807, 2.05) is 67.6 Å². The molecule has 0 saturated heterocycles. The number of methoxy groups -OCH3 is 2. The Kier molecular flexibility index (Phi) is 9.41. The third-order valence-corrected chi connectivity index (χ3v) is 8.03. The maximum Gasteiger partial charge on any atom is 0.338 e. The first kappa shape index (κ1) is 29.8. The highest BCUT2D eigenvalue weighted by Gasteiger charge is 2.36. The second kappa shape index (κ2) is 13.6. The first-order valence-electron chi connectivity index (χ1n) is 14.2. The van der Waals surface area contributed by atoms with E-state index in [2.05, 4.69) is 0 Å². The number of hydrogen-bond acceptors (Lipinski definition) is 8. The zero-order chi connectivity index (χ0) is 30.3. The van der Waals surface area contributed by atoms with Crippen molar-refractivity contribution in [3.63, 3.8) is 0 Å². The molecule has 0 radical (unpaired) electrons. The van der Waals surface area contributed by atoms with Crippen LogP contribution in [0.5, 0.6) is 17.2 Å². The largest absolute Gasteiger partial charge is 0.497 e. The molecule has 3 aromatic carbocycles. The molecule has 5 rings (SSSR count). The molecule has 0 aliphatic carbocycles. The first-order valence-corrected chi connectivity index (χ1v) is 15.0. The number of carbonyl (C=O) groups is 1. The summed E-state index contributed by atoms with van der Waals surface area (Å²) in [4.78, 5) is 32.9. The van der Waals surface area contributed by atoms with Gasteiger partial charge in [0.2, 0.25) is 0 Å². The van der Waals surface area contributed by atoms with E-state index in [0.717, 1.165) is 23.3 Å². The van der Waals surface area contributed by atoms with E-state index in [1.165, 1.54) is 11.3 Å². The highest BCUT2D eigenvalue weighted by atomic mass is 32.1. The molecule has 43 heavy (non-hydrogen) atoms. The Morgan fingerprint density at radius 3 is 2.40 bits per heavy atom. The highest BCUT2D eigenvalue weighted by molar-refractivity contribution is 7.07. The molecule has 0 amide bonds. The average molecular weight is 599 g/mol. The van der Waals surface area contributed by atoms with E-state index >= 15 is 0 Å². The van der Waals surface area contributed by atoms with Crippen LogP contribution in [-0.2, 0) is 16.1 Å². The van der Waals surface area contributed by atoms with Crippen molar-refractivity contribution in [2.24, 2.45) is 4.99 Å². The van der Waals surface area contributed by atoms with Crippen LogP contribution in [0.1, 0.15) is 49.4 Å². The second-order valence-corrected chi connectivity index (χ2v) is 10.9. The van der Waals surface area contributed by atoms with E-state index in [-0.39, 0.29) is 12.2 Å². The number of fused-ring (bicyclic) bond motifs is 1. The summed E-state index contributed by atoms with van der Waals surface area (Å²) >= 11 is 1.29. The fourth-order valence-electron chi connectivity index (χ4n) is 5.02. The lowest BCUT2D eigenvalue weighted by Crippen LogP contribution is -2.40. The standard InChI is InChI=1S/C34H34N2O6S/c1-5-10-27-30(33(38)41-6-2)31(26-20-25(39-3)17-18-28(26)40-4)36-32(37)29(43-34(36)35-27)19-22-13-15-24(16-14-22)42-21-23-11-8-7-9-12-23/h7-9,11-20,31H,5-6,10,21H2,1-4H3/b29-19-/t31-/m1/s1. The van der Waals surface area contributed by atoms with Crippen molar-refractivity contribution < 1.29 is 23.7 Å². The molecule has 1 aliphatic rings. The molecule has 9 heteroatoms. The summed E-state index contributed by atoms with van der Waals surface area (Å²) in [5, 5.41) is 0. The smallest absolute Gasteiger partial charge is 0.338 e. The van der Waals surface area contributed by atoms with Crippen LogP contribution < -0.4 is 29.1 Å². The van der Waals surface area contributed by atoms with Crippen molar-refractivity contribution >= 4 is 23.4 Å². The van der Waals surface area contributed by atoms with Crippen LogP contribution in [0.15, 0.2) is 93.9 Å². The average Bonchev–Trinajstić information content (AvgIpc) is 3.34. The normalized spacial score (nSPS) is 14.6. The van der Waals surface area contributed by atoms with Crippen molar-refractivity contribution in [3.05, 3.63) is 120 Å². The predicted octanol–water partition coefficient (Wildman–Crippen LogP) is 5.17. The van der Waals surface area contributed by atoms with Gasteiger partial charge in [0.1, 0.15) is 29.9 Å². The van der Waals surface area contributed by atoms with Gasteiger partial charge in [-0.05, 0) is 60.9 Å². The fraction of sp³-hybridized carbons (Fsp3) is 0.265. The first-order chi connectivity index (χ1) is 21.0. The highest BCUT2D eigenvalue weighted by Crippen LogP contribution is 2.38. The number of nitrogens with zero attached hydrogens (tertiary/aromatic N) is 2. The van der Waals surface area contributed by atoms with Crippen molar-refractivity contribution in [1.82, 2.24) is 4.57 Å². The summed E-state index contributed by atoms with van der Waals surface area (Å²) in [6.45, 7) is 4.44. The third-order valence-electron chi connectivity index (χ3n) is 7.05. The summed E-state index contributed by atoms with van der Waals surface area (Å²) in [5.74, 6) is 1.32. The number of hydrogen-bond donors (Lipinski definition) is 0. The molecule has 0 saturated carbocycles. The van der Waals surface area contributed by atoms with Crippen LogP contribution in [0.4, 0.5) is 0 Å². The number of allylic oxidation sites excluding steroid dienone is 1. The van der Waals surface area contributed by atoms with E-state index < -0.39 is 12.0 Å². The minimum Gasteiger partial charge on any atom is -0.497 e. The van der Waals surface area contributed by atoms with Crippen LogP contribution in [-0.4, -0.2) is 31.4 Å². The van der Waals surface area contributed by atoms with E-state index in [9.17, 15) is 9.59 Å². The van der Waals surface area contributed by atoms with Gasteiger partial charge in [-0.2, -0.15) is 0 Å². The maximum atomic E-state index is 14.1. The van der Waals surface area contributed by atoms with Crippen molar-refractivity contribution in [1.29, 1.82) is 0 Å². The maximum absolute atomic E-state index is 14.1. The number of esters is 1. The Hall–Kier alpha value is -4.63. The molecule has 0 N–H and O–H groups in total. The number of rotatable bonds is 11. The summed E-state index contributed by atoms with van der Waals surface area (Å²) < 4.78 is 24.7. The van der Waals surface area contributed by atoms with Crippen LogP contribution >= 0.6 is 11.3 Å². The monoisotopic (exact) mass is 598 g/mol. The molecular formula is C34H34N2O6S. The molecule has 0 bridgehead atoms. The minimum atomic E-state index is -0.808. The predicted molar refractivity (Wildman–Crippen MR) is 166 cm³/mol. The summed E-state index contributed by atoms with van der Waals surface area (Å²) in [5.41, 5.74) is 3.20. The van der Waals surface area contributed by atoms with Gasteiger partial charge in [-0.1, -0.05) is 67.1 Å². The molecule has 4 aromatic rings. The van der Waals surface area contributed by atoms with Gasteiger partial charge >= 0.3 is 5.97 Å². The molecule has 2 heterocycles. The number of ether oxygens (including phenoxy) is 4. The Balaban J connectivity index is 1.60. The molecule has 1 atom stereocenters. The Morgan fingerprint density at radius 1 is 0.977 bits per heavy atom. The van der Waals surface area contributed by atoms with E-state index in [0.29, 0.717) is 50.7 Å². The van der Waals surface area contributed by atoms with Gasteiger partial charge in [0.25, 0.3) is 5.56 Å². The van der Waals surface area contributed by atoms with Gasteiger partial charge in [-0.15, -0.1) is 0 Å². The topological polar surface area (TPSA) is 88.4 Å². The molecule has 0 spiro atoms. The number of aromatic nitrogens is 1. The van der Waals surface area contributed by atoms with Crippen molar-refractivity contribution in [2.75, 3.05) is 20.8 Å². The Bertz CT molecular complexity index is 1810. The second-order valence-electron chi connectivity index (χ2n) is 9.86. The van der Waals surface area contributed by atoms with Gasteiger partial charge in [0.05, 0.1) is 36.6 Å². The van der Waals surface area contributed by atoms with Gasteiger partial charge in [-0.25, -0.2) is 9.79 Å². The summed E-state index contributed by atoms with van der Waals surface area (Å²) in [6.07, 6.45) is 3.14. The summed E-state index contributed by atoms with van der Waals surface area (Å²) in [6, 6.07) is 22.1. The van der Waals surface area contributed by atoms with Crippen LogP contribution in [0.25, 0.3) is 6.08 Å². The van der Waals surface area contributed by atoms with Crippen molar-refractivity contribution in [3.8, 4) is 17.2 Å². The molecule has 1 aliphatic heterocycles. The molecule has 1 aromatic heterocycles. The molecule has 222 valence electrons. The lowest BCUT2D eigenvalue weighted by Gasteiger charge is -2.27. The molecule has 0 fully saturated rings. The zero-order valence-electron chi connectivity index (χ0n) is 24.7. The van der Waals surface area contributed by atoms with E-state index in [4.69, 9.17) is 23.9 Å². The SMILES string of the molecule is CCCC1=C(C(=O)OCC)[C@@H](c2cc(OC)ccc2OC)n2c(s/c(=C\c3ccc(OCc4ccccc4)cc3)c2=O)=N1. The quantitative estimate of drug-likeness (QED) is 0.221. The van der Waals surface area contributed by atoms with Crippen LogP contribution in [0.3, 0.4) is 0 Å². The van der Waals surface area contributed by atoms with Crippen LogP contribution in [0.2, 0.25) is 0 Å². The number of thiazole rings is 1. The Morgan fingerprint density at radius 2 is 1.72 bits per heavy atom. The Labute approximate surface area is 254 Å². The number of carbonyl (C=O) groups excluding carboxylic acids is 1. The summed E-state index contributed by atoms with van der Waals surface area (Å²) in [7, 11) is 3.13. The van der Waals surface area contributed by atoms with Crippen LogP contribution in [0, 0.1) is 0 Å². The van der Waals surface area contributed by atoms with Gasteiger partial charge in [0, 0.05) is 5.56 Å². The van der Waals surface area contributed by atoms with Gasteiger partial charge in [-0.3, -0.25) is 9.36 Å². The van der Waals surface area contributed by atoms with Gasteiger partial charge < -0.3 is 18.9 Å². The number of benzene rings is 3. The van der Waals surface area contributed by atoms with Gasteiger partial charge in [0.15, 0.2) is 4.80 Å². The third kappa shape index (κ3) is 6.41. The molecule has 8 nitrogen and oxygen atoms in total. The minimum absolute atomic E-state index is 0.194.